The molecule has 0 aromatic rings. The summed E-state index contributed by atoms with van der Waals surface area (Å²) in [6.45, 7) is 0. The van der Waals surface area contributed by atoms with Gasteiger partial charge in [0.05, 0.1) is 6.10 Å². The molecule has 0 aromatic carbocycles. The Labute approximate surface area is 111 Å². The Hall–Kier alpha value is -1.89. The number of carboxylic acid groups (broad SMARTS) is 1. The lowest BCUT2D eigenvalue weighted by Gasteiger charge is -2.21. The predicted octanol–water partition coefficient (Wildman–Crippen LogP) is 0.0744. The lowest BCUT2D eigenvalue weighted by molar-refractivity contribution is -0.139. The molecule has 1 saturated heterocycles. The van der Waals surface area contributed by atoms with E-state index in [1.165, 1.54) is 24.2 Å². The van der Waals surface area contributed by atoms with Crippen LogP contribution in [-0.2, 0) is 19.1 Å². The van der Waals surface area contributed by atoms with Crippen LogP contribution in [0, 0.1) is 0 Å². The number of carbonyl (C=O) groups is 3. The largest absolute Gasteiger partial charge is 0.481 e. The van der Waals surface area contributed by atoms with Gasteiger partial charge in [-0.2, -0.15) is 0 Å². The number of rotatable bonds is 7. The van der Waals surface area contributed by atoms with Crippen LogP contribution in [0.1, 0.15) is 25.7 Å². The monoisotopic (exact) mass is 270 g/mol. The van der Waals surface area contributed by atoms with Crippen LogP contribution in [0.2, 0.25) is 0 Å². The van der Waals surface area contributed by atoms with E-state index in [0.717, 1.165) is 0 Å². The smallest absolute Gasteiger partial charge is 0.303 e. The van der Waals surface area contributed by atoms with Crippen LogP contribution in [0.25, 0.3) is 0 Å². The zero-order valence-electron chi connectivity index (χ0n) is 10.7. The van der Waals surface area contributed by atoms with Gasteiger partial charge in [-0.3, -0.25) is 19.3 Å². The quantitative estimate of drug-likeness (QED) is 0.504. The maximum absolute atomic E-state index is 11.0. The first-order chi connectivity index (χ1) is 9.06. The van der Waals surface area contributed by atoms with E-state index >= 15 is 0 Å². The summed E-state index contributed by atoms with van der Waals surface area (Å²) < 4.78 is 5.58. The Balaban J connectivity index is 2.46. The van der Waals surface area contributed by atoms with Gasteiger partial charge < -0.3 is 15.2 Å². The van der Waals surface area contributed by atoms with E-state index in [1.54, 1.807) is 0 Å². The fourth-order valence-corrected chi connectivity index (χ4v) is 1.84. The molecule has 2 amide bonds. The average Bonchev–Trinajstić information content (AvgIpc) is 2.85. The van der Waals surface area contributed by atoms with E-state index in [-0.39, 0.29) is 18.4 Å². The topological polar surface area (TPSA) is 95.9 Å². The van der Waals surface area contributed by atoms with Gasteiger partial charge in [0.2, 0.25) is 12.3 Å². The highest BCUT2D eigenvalue weighted by molar-refractivity contribution is 5.87. The molecule has 7 nitrogen and oxygen atoms in total. The van der Waals surface area contributed by atoms with Crippen molar-refractivity contribution >= 4 is 18.3 Å². The Morgan fingerprint density at radius 1 is 1.47 bits per heavy atom. The van der Waals surface area contributed by atoms with E-state index in [1.807, 2.05) is 0 Å². The first-order valence-electron chi connectivity index (χ1n) is 6.06. The minimum Gasteiger partial charge on any atom is -0.481 e. The van der Waals surface area contributed by atoms with Crippen LogP contribution in [-0.4, -0.2) is 47.7 Å². The summed E-state index contributed by atoms with van der Waals surface area (Å²) in [7, 11) is 1.49. The molecule has 2 atom stereocenters. The van der Waals surface area contributed by atoms with E-state index < -0.39 is 12.2 Å². The highest BCUT2D eigenvalue weighted by atomic mass is 16.5. The number of carbonyl (C=O) groups excluding carboxylic acids is 2. The molecule has 1 fully saturated rings. The molecule has 0 bridgehead atoms. The summed E-state index contributed by atoms with van der Waals surface area (Å²) in [6.07, 6.45) is 4.40. The molecule has 2 unspecified atom stereocenters. The van der Waals surface area contributed by atoms with Crippen molar-refractivity contribution in [1.29, 1.82) is 0 Å². The lowest BCUT2D eigenvalue weighted by atomic mass is 10.1. The van der Waals surface area contributed by atoms with Gasteiger partial charge >= 0.3 is 5.97 Å². The van der Waals surface area contributed by atoms with Crippen molar-refractivity contribution < 1.29 is 24.2 Å². The molecule has 1 aliphatic heterocycles. The molecular formula is C12H18N2O5. The zero-order chi connectivity index (χ0) is 14.3. The molecule has 1 rings (SSSR count). The molecule has 106 valence electrons. The average molecular weight is 270 g/mol. The second-order valence-corrected chi connectivity index (χ2v) is 4.21. The number of amides is 2. The summed E-state index contributed by atoms with van der Waals surface area (Å²) in [5.41, 5.74) is 0. The first kappa shape index (κ1) is 15.2. The van der Waals surface area contributed by atoms with Gasteiger partial charge in [0.1, 0.15) is 6.23 Å². The van der Waals surface area contributed by atoms with Crippen molar-refractivity contribution in [3.63, 3.8) is 0 Å². The summed E-state index contributed by atoms with van der Waals surface area (Å²) in [4.78, 5) is 33.7. The van der Waals surface area contributed by atoms with Crippen LogP contribution in [0.15, 0.2) is 12.3 Å². The van der Waals surface area contributed by atoms with E-state index in [4.69, 9.17) is 9.84 Å². The maximum Gasteiger partial charge on any atom is 0.303 e. The molecule has 0 aliphatic carbocycles. The third-order valence-electron chi connectivity index (χ3n) is 2.86. The van der Waals surface area contributed by atoms with Gasteiger partial charge in [-0.15, -0.1) is 0 Å². The van der Waals surface area contributed by atoms with Crippen molar-refractivity contribution in [2.24, 2.45) is 0 Å². The summed E-state index contributed by atoms with van der Waals surface area (Å²) in [6, 6.07) is 0. The standard InChI is InChI=1S/C12H18N2O5/c1-13-10(16)6-7-14(8-15)11-4-2-9(19-11)3-5-12(17)18/h6-9,11H,2-5H2,1H3,(H,13,16)(H,17,18)/b7-6-. The van der Waals surface area contributed by atoms with Crippen LogP contribution < -0.4 is 5.32 Å². The van der Waals surface area contributed by atoms with Crippen molar-refractivity contribution in [1.82, 2.24) is 10.2 Å². The van der Waals surface area contributed by atoms with Gasteiger partial charge in [0, 0.05) is 25.7 Å². The van der Waals surface area contributed by atoms with Crippen LogP contribution >= 0.6 is 0 Å². The molecular weight excluding hydrogens is 252 g/mol. The zero-order valence-corrected chi connectivity index (χ0v) is 10.7. The molecule has 2 N–H and O–H groups in total. The molecule has 7 heteroatoms. The third kappa shape index (κ3) is 5.09. The first-order valence-corrected chi connectivity index (χ1v) is 6.06. The summed E-state index contributed by atoms with van der Waals surface area (Å²) in [5, 5.41) is 11.0. The van der Waals surface area contributed by atoms with Crippen LogP contribution in [0.3, 0.4) is 0 Å². The molecule has 0 aromatic heterocycles. The minimum atomic E-state index is -0.862. The molecule has 0 radical (unpaired) electrons. The number of nitrogens with one attached hydrogen (secondary N) is 1. The number of nitrogens with zero attached hydrogens (tertiary/aromatic N) is 1. The number of aliphatic carboxylic acids is 1. The number of carboxylic acids is 1. The third-order valence-corrected chi connectivity index (χ3v) is 2.86. The number of hydrogen-bond acceptors (Lipinski definition) is 4. The summed E-state index contributed by atoms with van der Waals surface area (Å²) in [5.74, 6) is -1.17. The molecule has 0 saturated carbocycles. The van der Waals surface area contributed by atoms with Gasteiger partial charge in [-0.1, -0.05) is 0 Å². The molecule has 1 heterocycles. The number of likely N-dealkylation sites (N-methyl/N-ethyl adjacent to an activating group) is 1. The van der Waals surface area contributed by atoms with E-state index in [2.05, 4.69) is 5.32 Å². The lowest BCUT2D eigenvalue weighted by Crippen LogP contribution is -2.30. The molecule has 0 spiro atoms. The van der Waals surface area contributed by atoms with Crippen LogP contribution in [0.5, 0.6) is 0 Å². The van der Waals surface area contributed by atoms with Gasteiger partial charge in [0.25, 0.3) is 0 Å². The van der Waals surface area contributed by atoms with Gasteiger partial charge in [-0.05, 0) is 19.3 Å². The SMILES string of the molecule is CNC(=O)/C=C\N(C=O)C1CCC(CCC(=O)O)O1. The fourth-order valence-electron chi connectivity index (χ4n) is 1.84. The minimum absolute atomic E-state index is 0.0482. The molecule has 1 aliphatic rings. The highest BCUT2D eigenvalue weighted by Crippen LogP contribution is 2.25. The highest BCUT2D eigenvalue weighted by Gasteiger charge is 2.28. The second kappa shape index (κ2) is 7.52. The Morgan fingerprint density at radius 2 is 2.21 bits per heavy atom. The van der Waals surface area contributed by atoms with E-state index in [0.29, 0.717) is 25.7 Å². The van der Waals surface area contributed by atoms with Crippen molar-refractivity contribution in [2.45, 2.75) is 38.0 Å². The van der Waals surface area contributed by atoms with Crippen LogP contribution in [0.4, 0.5) is 0 Å². The fraction of sp³-hybridized carbons (Fsp3) is 0.583. The Morgan fingerprint density at radius 3 is 2.79 bits per heavy atom. The second-order valence-electron chi connectivity index (χ2n) is 4.21. The van der Waals surface area contributed by atoms with Crippen molar-refractivity contribution in [3.8, 4) is 0 Å². The Bertz CT molecular complexity index is 369. The Kier molecular flexibility index (Phi) is 6.01. The van der Waals surface area contributed by atoms with Gasteiger partial charge in [-0.25, -0.2) is 0 Å². The van der Waals surface area contributed by atoms with E-state index in [9.17, 15) is 14.4 Å². The molecule has 19 heavy (non-hydrogen) atoms. The van der Waals surface area contributed by atoms with Crippen molar-refractivity contribution in [3.05, 3.63) is 12.3 Å². The number of hydrogen-bond donors (Lipinski definition) is 2. The predicted molar refractivity (Wildman–Crippen MR) is 65.9 cm³/mol. The summed E-state index contributed by atoms with van der Waals surface area (Å²) >= 11 is 0. The maximum atomic E-state index is 11.0. The van der Waals surface area contributed by atoms with Crippen molar-refractivity contribution in [2.75, 3.05) is 7.05 Å². The number of ether oxygens (including phenoxy) is 1. The normalized spacial score (nSPS) is 22.4. The van der Waals surface area contributed by atoms with Gasteiger partial charge in [0.15, 0.2) is 0 Å².